The highest BCUT2D eigenvalue weighted by Gasteiger charge is 2.34. The van der Waals surface area contributed by atoms with Crippen molar-refractivity contribution in [1.29, 1.82) is 0 Å². The van der Waals surface area contributed by atoms with E-state index in [1.165, 1.54) is 6.07 Å². The summed E-state index contributed by atoms with van der Waals surface area (Å²) in [7, 11) is -3.68. The Morgan fingerprint density at radius 1 is 1.13 bits per heavy atom. The van der Waals surface area contributed by atoms with Gasteiger partial charge in [0.1, 0.15) is 4.90 Å². The number of benzene rings is 2. The summed E-state index contributed by atoms with van der Waals surface area (Å²) in [6.45, 7) is 2.72. The van der Waals surface area contributed by atoms with Crippen molar-refractivity contribution in [3.63, 3.8) is 0 Å². The summed E-state index contributed by atoms with van der Waals surface area (Å²) in [5, 5.41) is 2.85. The first-order valence-corrected chi connectivity index (χ1v) is 11.1. The van der Waals surface area contributed by atoms with Gasteiger partial charge in [-0.05, 0) is 49.6 Å². The minimum atomic E-state index is -3.68. The molecule has 0 bridgehead atoms. The molecule has 6 nitrogen and oxygen atoms in total. The Labute approximate surface area is 173 Å². The van der Waals surface area contributed by atoms with E-state index in [0.29, 0.717) is 42.9 Å². The van der Waals surface area contributed by atoms with Gasteiger partial charge in [0.05, 0.1) is 6.04 Å². The fourth-order valence-corrected chi connectivity index (χ4v) is 5.09. The second-order valence-electron chi connectivity index (χ2n) is 7.55. The van der Waals surface area contributed by atoms with Gasteiger partial charge in [0.15, 0.2) is 17.5 Å². The summed E-state index contributed by atoms with van der Waals surface area (Å²) in [6.07, 6.45) is 1.08. The lowest BCUT2D eigenvalue weighted by atomic mass is 9.94. The highest BCUT2D eigenvalue weighted by Crippen LogP contribution is 2.30. The molecule has 0 radical (unpaired) electrons. The number of carbonyl (C=O) groups excluding carboxylic acids is 1. The minimum Gasteiger partial charge on any atom is -0.355 e. The molecule has 1 atom stereocenters. The molecule has 158 valence electrons. The minimum absolute atomic E-state index is 0.159. The molecule has 9 heteroatoms. The van der Waals surface area contributed by atoms with Crippen LogP contribution in [0.3, 0.4) is 0 Å². The molecule has 0 spiro atoms. The third-order valence-corrected chi connectivity index (χ3v) is 6.91. The van der Waals surface area contributed by atoms with Crippen LogP contribution in [-0.2, 0) is 14.8 Å². The molecule has 1 N–H and O–H groups in total. The SMILES string of the molecule is C[C@H](NC(=O)C1CCN(C2=NS(=O)(=O)c3ccccc32)CC1)c1ccc(F)c(F)c1. The van der Waals surface area contributed by atoms with Gasteiger partial charge in [-0.2, -0.15) is 8.42 Å². The molecule has 1 fully saturated rings. The van der Waals surface area contributed by atoms with Crippen LogP contribution in [-0.4, -0.2) is 38.2 Å². The van der Waals surface area contributed by atoms with Gasteiger partial charge < -0.3 is 10.2 Å². The predicted molar refractivity (Wildman–Crippen MR) is 107 cm³/mol. The number of hydrogen-bond donors (Lipinski definition) is 1. The van der Waals surface area contributed by atoms with E-state index in [4.69, 9.17) is 0 Å². The smallest absolute Gasteiger partial charge is 0.285 e. The Hall–Kier alpha value is -2.81. The molecular weight excluding hydrogens is 412 g/mol. The Morgan fingerprint density at radius 2 is 1.83 bits per heavy atom. The number of likely N-dealkylation sites (tertiary alicyclic amines) is 1. The number of hydrogen-bond acceptors (Lipinski definition) is 4. The summed E-state index contributed by atoms with van der Waals surface area (Å²) in [5.41, 5.74) is 1.08. The van der Waals surface area contributed by atoms with E-state index in [0.717, 1.165) is 12.1 Å². The first-order chi connectivity index (χ1) is 14.3. The number of sulfonamides is 1. The predicted octanol–water partition coefficient (Wildman–Crippen LogP) is 3.00. The number of amidine groups is 1. The van der Waals surface area contributed by atoms with E-state index in [1.807, 2.05) is 4.90 Å². The van der Waals surface area contributed by atoms with Crippen molar-refractivity contribution in [2.45, 2.75) is 30.7 Å². The van der Waals surface area contributed by atoms with E-state index in [-0.39, 0.29) is 16.7 Å². The number of piperidine rings is 1. The van der Waals surface area contributed by atoms with Crippen LogP contribution in [0.25, 0.3) is 0 Å². The average molecular weight is 433 g/mol. The Bertz CT molecular complexity index is 1130. The van der Waals surface area contributed by atoms with Gasteiger partial charge in [-0.15, -0.1) is 4.40 Å². The van der Waals surface area contributed by atoms with Gasteiger partial charge in [0, 0.05) is 24.6 Å². The fourth-order valence-electron chi connectivity index (χ4n) is 3.87. The maximum atomic E-state index is 13.4. The Balaban J connectivity index is 1.39. The summed E-state index contributed by atoms with van der Waals surface area (Å²) in [5.74, 6) is -1.85. The van der Waals surface area contributed by atoms with Crippen molar-refractivity contribution in [3.05, 3.63) is 65.2 Å². The van der Waals surface area contributed by atoms with Crippen LogP contribution >= 0.6 is 0 Å². The van der Waals surface area contributed by atoms with Gasteiger partial charge in [-0.1, -0.05) is 18.2 Å². The molecular formula is C21H21F2N3O3S. The third kappa shape index (κ3) is 3.81. The first-order valence-electron chi connectivity index (χ1n) is 9.71. The Kier molecular flexibility index (Phi) is 5.31. The topological polar surface area (TPSA) is 78.8 Å². The van der Waals surface area contributed by atoms with Crippen LogP contribution in [0.4, 0.5) is 8.78 Å². The number of amides is 1. The van der Waals surface area contributed by atoms with Crippen LogP contribution in [0.5, 0.6) is 0 Å². The zero-order valence-electron chi connectivity index (χ0n) is 16.3. The largest absolute Gasteiger partial charge is 0.355 e. The van der Waals surface area contributed by atoms with Gasteiger partial charge in [-0.25, -0.2) is 8.78 Å². The van der Waals surface area contributed by atoms with Crippen LogP contribution in [0.15, 0.2) is 51.8 Å². The summed E-state index contributed by atoms with van der Waals surface area (Å²) >= 11 is 0. The summed E-state index contributed by atoms with van der Waals surface area (Å²) in [4.78, 5) is 14.7. The maximum Gasteiger partial charge on any atom is 0.285 e. The lowest BCUT2D eigenvalue weighted by Crippen LogP contribution is -2.43. The lowest BCUT2D eigenvalue weighted by molar-refractivity contribution is -0.126. The van der Waals surface area contributed by atoms with Gasteiger partial charge in [-0.3, -0.25) is 4.79 Å². The molecule has 2 aromatic carbocycles. The van der Waals surface area contributed by atoms with Crippen LogP contribution in [0, 0.1) is 17.6 Å². The molecule has 4 rings (SSSR count). The van der Waals surface area contributed by atoms with E-state index in [1.54, 1.807) is 31.2 Å². The van der Waals surface area contributed by atoms with E-state index in [9.17, 15) is 22.0 Å². The van der Waals surface area contributed by atoms with E-state index >= 15 is 0 Å². The third-order valence-electron chi connectivity index (χ3n) is 5.58. The second kappa shape index (κ2) is 7.79. The highest BCUT2D eigenvalue weighted by atomic mass is 32.2. The normalized spacial score (nSPS) is 19.2. The lowest BCUT2D eigenvalue weighted by Gasteiger charge is -2.33. The summed E-state index contributed by atoms with van der Waals surface area (Å²) < 4.78 is 55.0. The molecule has 2 aromatic rings. The standard InChI is InChI=1S/C21H21F2N3O3S/c1-13(15-6-7-17(22)18(23)12-15)24-21(27)14-8-10-26(11-9-14)20-16-4-2-3-5-19(16)30(28,29)25-20/h2-7,12-14H,8-11H2,1H3,(H,24,27)/t13-/m0/s1. The van der Waals surface area contributed by atoms with Crippen molar-refractivity contribution >= 4 is 21.8 Å². The molecule has 0 aliphatic carbocycles. The number of rotatable bonds is 3. The molecule has 0 saturated carbocycles. The van der Waals surface area contributed by atoms with Crippen molar-refractivity contribution in [2.24, 2.45) is 10.3 Å². The molecule has 2 aliphatic heterocycles. The van der Waals surface area contributed by atoms with Crippen LogP contribution in [0.2, 0.25) is 0 Å². The van der Waals surface area contributed by atoms with Gasteiger partial charge >= 0.3 is 0 Å². The van der Waals surface area contributed by atoms with Gasteiger partial charge in [0.25, 0.3) is 10.0 Å². The monoisotopic (exact) mass is 433 g/mol. The fraction of sp³-hybridized carbons (Fsp3) is 0.333. The van der Waals surface area contributed by atoms with Crippen molar-refractivity contribution < 1.29 is 22.0 Å². The molecule has 0 aromatic heterocycles. The number of nitrogens with one attached hydrogen (secondary N) is 1. The number of carbonyl (C=O) groups is 1. The van der Waals surface area contributed by atoms with Crippen molar-refractivity contribution in [2.75, 3.05) is 13.1 Å². The first kappa shape index (κ1) is 20.5. The zero-order valence-corrected chi connectivity index (χ0v) is 17.1. The highest BCUT2D eigenvalue weighted by molar-refractivity contribution is 7.90. The van der Waals surface area contributed by atoms with Crippen molar-refractivity contribution in [3.8, 4) is 0 Å². The molecule has 1 saturated heterocycles. The van der Waals surface area contributed by atoms with E-state index in [2.05, 4.69) is 9.71 Å². The van der Waals surface area contributed by atoms with Crippen molar-refractivity contribution in [1.82, 2.24) is 10.2 Å². The molecule has 2 heterocycles. The molecule has 0 unspecified atom stereocenters. The second-order valence-corrected chi connectivity index (χ2v) is 9.12. The van der Waals surface area contributed by atoms with Crippen LogP contribution < -0.4 is 5.32 Å². The number of fused-ring (bicyclic) bond motifs is 1. The quantitative estimate of drug-likeness (QED) is 0.807. The molecule has 30 heavy (non-hydrogen) atoms. The van der Waals surface area contributed by atoms with Gasteiger partial charge in [0.2, 0.25) is 5.91 Å². The number of nitrogens with zero attached hydrogens (tertiary/aromatic N) is 2. The Morgan fingerprint density at radius 3 is 2.53 bits per heavy atom. The maximum absolute atomic E-state index is 13.4. The summed E-state index contributed by atoms with van der Waals surface area (Å²) in [6, 6.07) is 9.83. The van der Waals surface area contributed by atoms with Crippen LogP contribution in [0.1, 0.15) is 36.9 Å². The number of halogens is 2. The average Bonchev–Trinajstić information content (AvgIpc) is 3.01. The molecule has 2 aliphatic rings. The van der Waals surface area contributed by atoms with E-state index < -0.39 is 27.7 Å². The zero-order chi connectivity index (χ0) is 21.5. The molecule has 1 amide bonds.